The van der Waals surface area contributed by atoms with Crippen LogP contribution in [0.3, 0.4) is 0 Å². The minimum atomic E-state index is 0.0785. The van der Waals surface area contributed by atoms with Gasteiger partial charge in [-0.25, -0.2) is 0 Å². The normalized spacial score (nSPS) is 26.8. The number of nitrogens with zero attached hydrogens (tertiary/aromatic N) is 2. The minimum absolute atomic E-state index is 0.0785. The maximum atomic E-state index is 5.36. The molecule has 2 heterocycles. The zero-order valence-corrected chi connectivity index (χ0v) is 8.74. The van der Waals surface area contributed by atoms with Gasteiger partial charge in [-0.1, -0.05) is 24.3 Å². The lowest BCUT2D eigenvalue weighted by molar-refractivity contribution is 0.236. The number of benzene rings is 1. The third-order valence-electron chi connectivity index (χ3n) is 2.82. The van der Waals surface area contributed by atoms with Gasteiger partial charge in [0.1, 0.15) is 12.2 Å². The van der Waals surface area contributed by atoms with Crippen LogP contribution in [0, 0.1) is 0 Å². The van der Waals surface area contributed by atoms with Gasteiger partial charge in [-0.2, -0.15) is 0 Å². The van der Waals surface area contributed by atoms with E-state index in [0.29, 0.717) is 13.1 Å². The van der Waals surface area contributed by atoms with Crippen molar-refractivity contribution in [3.8, 4) is 0 Å². The molecule has 0 aromatic heterocycles. The van der Waals surface area contributed by atoms with Crippen LogP contribution in [0.15, 0.2) is 34.3 Å². The molecule has 82 valence electrons. The number of ether oxygens (including phenoxy) is 2. The molecule has 0 bridgehead atoms. The van der Waals surface area contributed by atoms with E-state index in [1.807, 2.05) is 0 Å². The van der Waals surface area contributed by atoms with Crippen molar-refractivity contribution in [3.05, 3.63) is 35.4 Å². The molecule has 1 aromatic rings. The van der Waals surface area contributed by atoms with Gasteiger partial charge in [-0.05, 0) is 11.1 Å². The smallest absolute Gasteiger partial charge is 0.170 e. The molecular weight excluding hydrogens is 204 g/mol. The average molecular weight is 216 g/mol. The summed E-state index contributed by atoms with van der Waals surface area (Å²) in [5, 5.41) is 0. The van der Waals surface area contributed by atoms with Gasteiger partial charge in [0.25, 0.3) is 0 Å². The van der Waals surface area contributed by atoms with E-state index in [2.05, 4.69) is 34.3 Å². The lowest BCUT2D eigenvalue weighted by Crippen LogP contribution is -2.03. The standard InChI is InChI=1S/C12H12N2O2/c1-2-10(12-6-14-8-16-12)4-3-9(1)11-5-13-7-15-11/h1-4,7-8,11-12H,5-6H2. The lowest BCUT2D eigenvalue weighted by Gasteiger charge is -2.12. The maximum Gasteiger partial charge on any atom is 0.170 e. The summed E-state index contributed by atoms with van der Waals surface area (Å²) in [6.45, 7) is 1.42. The summed E-state index contributed by atoms with van der Waals surface area (Å²) in [6, 6.07) is 8.26. The maximum absolute atomic E-state index is 5.36. The van der Waals surface area contributed by atoms with Crippen LogP contribution in [0.5, 0.6) is 0 Å². The molecule has 0 N–H and O–H groups in total. The Kier molecular flexibility index (Phi) is 2.33. The number of hydrogen-bond acceptors (Lipinski definition) is 4. The number of hydrogen-bond donors (Lipinski definition) is 0. The van der Waals surface area contributed by atoms with Crippen molar-refractivity contribution >= 4 is 12.8 Å². The predicted molar refractivity (Wildman–Crippen MR) is 60.8 cm³/mol. The topological polar surface area (TPSA) is 43.2 Å². The summed E-state index contributed by atoms with van der Waals surface area (Å²) < 4.78 is 10.7. The molecule has 16 heavy (non-hydrogen) atoms. The molecule has 2 atom stereocenters. The Hall–Kier alpha value is -1.84. The molecule has 0 fully saturated rings. The van der Waals surface area contributed by atoms with Gasteiger partial charge in [0.05, 0.1) is 13.1 Å². The molecular formula is C12H12N2O2. The third kappa shape index (κ3) is 1.66. The van der Waals surface area contributed by atoms with Crippen molar-refractivity contribution in [2.75, 3.05) is 13.1 Å². The molecule has 0 saturated carbocycles. The van der Waals surface area contributed by atoms with Crippen LogP contribution < -0.4 is 0 Å². The summed E-state index contributed by atoms with van der Waals surface area (Å²) in [5.41, 5.74) is 2.31. The van der Waals surface area contributed by atoms with Gasteiger partial charge in [-0.3, -0.25) is 9.98 Å². The molecule has 3 rings (SSSR count). The second kappa shape index (κ2) is 3.96. The Labute approximate surface area is 93.6 Å². The first-order chi connectivity index (χ1) is 7.93. The molecule has 2 aliphatic rings. The first-order valence-electron chi connectivity index (χ1n) is 5.31. The first-order valence-corrected chi connectivity index (χ1v) is 5.31. The molecule has 0 amide bonds. The first kappa shape index (κ1) is 9.39. The highest BCUT2D eigenvalue weighted by molar-refractivity contribution is 5.51. The Morgan fingerprint density at radius 2 is 1.25 bits per heavy atom. The van der Waals surface area contributed by atoms with E-state index >= 15 is 0 Å². The predicted octanol–water partition coefficient (Wildman–Crippen LogP) is 1.89. The van der Waals surface area contributed by atoms with Gasteiger partial charge < -0.3 is 9.47 Å². The quantitative estimate of drug-likeness (QED) is 0.757. The second-order valence-electron chi connectivity index (χ2n) is 3.86. The molecule has 4 heteroatoms. The molecule has 0 spiro atoms. The largest absolute Gasteiger partial charge is 0.474 e. The molecule has 0 saturated heterocycles. The SMILES string of the molecule is C1=NCC(c2ccc(C3CN=CO3)cc2)O1. The molecule has 1 aromatic carbocycles. The van der Waals surface area contributed by atoms with Crippen LogP contribution in [-0.2, 0) is 9.47 Å². The highest BCUT2D eigenvalue weighted by Gasteiger charge is 2.18. The van der Waals surface area contributed by atoms with E-state index in [0.717, 1.165) is 11.1 Å². The summed E-state index contributed by atoms with van der Waals surface area (Å²) in [4.78, 5) is 8.10. The van der Waals surface area contributed by atoms with Crippen LogP contribution in [0.1, 0.15) is 23.3 Å². The molecule has 2 aliphatic heterocycles. The Morgan fingerprint density at radius 1 is 0.812 bits per heavy atom. The molecule has 0 aliphatic carbocycles. The average Bonchev–Trinajstić information content (AvgIpc) is 3.03. The molecule has 4 nitrogen and oxygen atoms in total. The van der Waals surface area contributed by atoms with Crippen LogP contribution in [-0.4, -0.2) is 25.9 Å². The van der Waals surface area contributed by atoms with E-state index in [-0.39, 0.29) is 12.2 Å². The van der Waals surface area contributed by atoms with Crippen molar-refractivity contribution in [2.45, 2.75) is 12.2 Å². The van der Waals surface area contributed by atoms with Gasteiger partial charge in [-0.15, -0.1) is 0 Å². The zero-order chi connectivity index (χ0) is 10.8. The van der Waals surface area contributed by atoms with Crippen molar-refractivity contribution in [1.29, 1.82) is 0 Å². The molecule has 2 unspecified atom stereocenters. The summed E-state index contributed by atoms with van der Waals surface area (Å²) in [6.07, 6.45) is 3.20. The van der Waals surface area contributed by atoms with Gasteiger partial charge in [0, 0.05) is 0 Å². The monoisotopic (exact) mass is 216 g/mol. The molecule has 0 radical (unpaired) electrons. The minimum Gasteiger partial charge on any atom is -0.474 e. The Morgan fingerprint density at radius 3 is 1.56 bits per heavy atom. The van der Waals surface area contributed by atoms with Crippen molar-refractivity contribution in [2.24, 2.45) is 9.98 Å². The number of aliphatic imine (C=N–C) groups is 2. The number of rotatable bonds is 2. The summed E-state index contributed by atoms with van der Waals surface area (Å²) in [7, 11) is 0. The Balaban J connectivity index is 1.74. The lowest BCUT2D eigenvalue weighted by atomic mass is 10.0. The fourth-order valence-electron chi connectivity index (χ4n) is 1.89. The second-order valence-corrected chi connectivity index (χ2v) is 3.86. The van der Waals surface area contributed by atoms with E-state index in [4.69, 9.17) is 9.47 Å². The van der Waals surface area contributed by atoms with Crippen LogP contribution in [0.2, 0.25) is 0 Å². The van der Waals surface area contributed by atoms with E-state index in [9.17, 15) is 0 Å². The van der Waals surface area contributed by atoms with Crippen molar-refractivity contribution < 1.29 is 9.47 Å². The van der Waals surface area contributed by atoms with E-state index in [1.165, 1.54) is 12.8 Å². The van der Waals surface area contributed by atoms with E-state index in [1.54, 1.807) is 0 Å². The van der Waals surface area contributed by atoms with Gasteiger partial charge in [0.15, 0.2) is 12.8 Å². The van der Waals surface area contributed by atoms with Gasteiger partial charge in [0.2, 0.25) is 0 Å². The third-order valence-corrected chi connectivity index (χ3v) is 2.82. The zero-order valence-electron chi connectivity index (χ0n) is 8.74. The van der Waals surface area contributed by atoms with E-state index < -0.39 is 0 Å². The van der Waals surface area contributed by atoms with Crippen molar-refractivity contribution in [1.82, 2.24) is 0 Å². The van der Waals surface area contributed by atoms with Crippen molar-refractivity contribution in [3.63, 3.8) is 0 Å². The Bertz CT molecular complexity index is 368. The highest BCUT2D eigenvalue weighted by atomic mass is 16.5. The van der Waals surface area contributed by atoms with Crippen LogP contribution >= 0.6 is 0 Å². The fourth-order valence-corrected chi connectivity index (χ4v) is 1.89. The highest BCUT2D eigenvalue weighted by Crippen LogP contribution is 2.25. The van der Waals surface area contributed by atoms with Gasteiger partial charge >= 0.3 is 0 Å². The van der Waals surface area contributed by atoms with Crippen LogP contribution in [0.25, 0.3) is 0 Å². The summed E-state index contributed by atoms with van der Waals surface area (Å²) >= 11 is 0. The summed E-state index contributed by atoms with van der Waals surface area (Å²) in [5.74, 6) is 0. The fraction of sp³-hybridized carbons (Fsp3) is 0.333. The van der Waals surface area contributed by atoms with Crippen LogP contribution in [0.4, 0.5) is 0 Å².